The Hall–Kier alpha value is -2.30. The summed E-state index contributed by atoms with van der Waals surface area (Å²) < 4.78 is 0. The van der Waals surface area contributed by atoms with E-state index < -0.39 is 16.7 Å². The van der Waals surface area contributed by atoms with E-state index in [4.69, 9.17) is 21.0 Å². The van der Waals surface area contributed by atoms with Crippen molar-refractivity contribution in [2.75, 3.05) is 0 Å². The normalized spacial score (nSPS) is 26.0. The van der Waals surface area contributed by atoms with Gasteiger partial charge in [-0.25, -0.2) is 0 Å². The Morgan fingerprint density at radius 2 is 1.31 bits per heavy atom. The molecule has 0 aromatic rings. The first-order chi connectivity index (χ1) is 7.41. The van der Waals surface area contributed by atoms with Gasteiger partial charge in [0.05, 0.1) is 35.4 Å². The molecule has 0 aliphatic heterocycles. The maximum atomic E-state index is 9.02. The van der Waals surface area contributed by atoms with Gasteiger partial charge in [-0.1, -0.05) is 20.8 Å². The Balaban J connectivity index is 3.49. The molecular formula is C12H10N4. The van der Waals surface area contributed by atoms with E-state index in [9.17, 15) is 0 Å². The summed E-state index contributed by atoms with van der Waals surface area (Å²) in [6, 6.07) is 7.75. The van der Waals surface area contributed by atoms with Crippen LogP contribution in [0.25, 0.3) is 0 Å². The third-order valence-corrected chi connectivity index (χ3v) is 3.75. The Morgan fingerprint density at radius 3 is 1.62 bits per heavy atom. The van der Waals surface area contributed by atoms with Gasteiger partial charge in [-0.15, -0.1) is 0 Å². The molecule has 0 aromatic carbocycles. The number of allylic oxidation sites excluding steroid dienone is 2. The van der Waals surface area contributed by atoms with Crippen LogP contribution >= 0.6 is 0 Å². The molecule has 0 aromatic heterocycles. The average Bonchev–Trinajstić information content (AvgIpc) is 2.26. The maximum Gasteiger partial charge on any atom is 0.144 e. The molecule has 1 unspecified atom stereocenters. The van der Waals surface area contributed by atoms with Crippen LogP contribution in [0.15, 0.2) is 11.1 Å². The molecule has 1 atom stereocenters. The fourth-order valence-corrected chi connectivity index (χ4v) is 2.24. The second kappa shape index (κ2) is 3.37. The van der Waals surface area contributed by atoms with Gasteiger partial charge in [0.1, 0.15) is 5.92 Å². The number of nitrogens with zero attached hydrogens (tertiary/aromatic N) is 4. The zero-order valence-electron chi connectivity index (χ0n) is 9.37. The molecule has 0 saturated carbocycles. The third kappa shape index (κ3) is 0.995. The van der Waals surface area contributed by atoms with E-state index in [2.05, 4.69) is 0 Å². The van der Waals surface area contributed by atoms with Crippen LogP contribution in [0.1, 0.15) is 20.8 Å². The molecule has 1 aliphatic carbocycles. The van der Waals surface area contributed by atoms with Gasteiger partial charge < -0.3 is 0 Å². The molecule has 0 heterocycles. The quantitative estimate of drug-likeness (QED) is 0.661. The lowest BCUT2D eigenvalue weighted by Gasteiger charge is -2.53. The van der Waals surface area contributed by atoms with Crippen molar-refractivity contribution in [1.29, 1.82) is 21.0 Å². The van der Waals surface area contributed by atoms with Crippen molar-refractivity contribution in [3.05, 3.63) is 11.1 Å². The van der Waals surface area contributed by atoms with Crippen molar-refractivity contribution in [1.82, 2.24) is 0 Å². The lowest BCUT2D eigenvalue weighted by atomic mass is 9.45. The summed E-state index contributed by atoms with van der Waals surface area (Å²) in [4.78, 5) is 0. The summed E-state index contributed by atoms with van der Waals surface area (Å²) in [5, 5.41) is 35.9. The van der Waals surface area contributed by atoms with E-state index in [0.717, 1.165) is 0 Å². The summed E-state index contributed by atoms with van der Waals surface area (Å²) in [7, 11) is 0. The highest BCUT2D eigenvalue weighted by molar-refractivity contribution is 5.58. The zero-order valence-corrected chi connectivity index (χ0v) is 9.37. The Labute approximate surface area is 94.6 Å². The average molecular weight is 210 g/mol. The van der Waals surface area contributed by atoms with E-state index in [0.29, 0.717) is 5.57 Å². The van der Waals surface area contributed by atoms with Crippen LogP contribution in [0.3, 0.4) is 0 Å². The molecule has 0 fully saturated rings. The minimum absolute atomic E-state index is 0.271. The highest BCUT2D eigenvalue weighted by atomic mass is 14.6. The monoisotopic (exact) mass is 210 g/mol. The second-order valence-corrected chi connectivity index (χ2v) is 4.49. The van der Waals surface area contributed by atoms with E-state index in [1.165, 1.54) is 0 Å². The summed E-state index contributed by atoms with van der Waals surface area (Å²) in [6.45, 7) is 5.27. The van der Waals surface area contributed by atoms with Crippen LogP contribution in [0, 0.1) is 62.1 Å². The predicted molar refractivity (Wildman–Crippen MR) is 54.9 cm³/mol. The Morgan fingerprint density at radius 1 is 0.875 bits per heavy atom. The second-order valence-electron chi connectivity index (χ2n) is 4.49. The van der Waals surface area contributed by atoms with Gasteiger partial charge in [-0.2, -0.15) is 21.0 Å². The van der Waals surface area contributed by atoms with Crippen LogP contribution in [0.5, 0.6) is 0 Å². The van der Waals surface area contributed by atoms with E-state index in [1.54, 1.807) is 20.8 Å². The third-order valence-electron chi connectivity index (χ3n) is 3.75. The summed E-state index contributed by atoms with van der Waals surface area (Å²) in [6.07, 6.45) is 0. The van der Waals surface area contributed by atoms with Crippen molar-refractivity contribution in [3.63, 3.8) is 0 Å². The van der Waals surface area contributed by atoms with E-state index in [-0.39, 0.29) is 5.57 Å². The fraction of sp³-hybridized carbons (Fsp3) is 0.500. The zero-order chi connectivity index (χ0) is 12.6. The largest absolute Gasteiger partial charge is 0.197 e. The van der Waals surface area contributed by atoms with Gasteiger partial charge in [0.15, 0.2) is 0 Å². The SMILES string of the molecule is CC1(C)C(C#N)=C(C#N)C1(C)C(C#N)C#N. The molecule has 78 valence electrons. The van der Waals surface area contributed by atoms with Crippen molar-refractivity contribution < 1.29 is 0 Å². The van der Waals surface area contributed by atoms with Gasteiger partial charge in [0.2, 0.25) is 0 Å². The molecule has 0 N–H and O–H groups in total. The number of nitriles is 4. The summed E-state index contributed by atoms with van der Waals surface area (Å²) in [5.74, 6) is -0.908. The van der Waals surface area contributed by atoms with Crippen LogP contribution in [0.2, 0.25) is 0 Å². The van der Waals surface area contributed by atoms with Crippen molar-refractivity contribution in [3.8, 4) is 24.3 Å². The minimum Gasteiger partial charge on any atom is -0.197 e. The lowest BCUT2D eigenvalue weighted by Crippen LogP contribution is -2.51. The first kappa shape index (κ1) is 11.8. The van der Waals surface area contributed by atoms with Crippen molar-refractivity contribution in [2.45, 2.75) is 20.8 Å². The highest BCUT2D eigenvalue weighted by Crippen LogP contribution is 2.63. The maximum absolute atomic E-state index is 9.02. The Bertz CT molecular complexity index is 513. The molecule has 1 rings (SSSR count). The van der Waals surface area contributed by atoms with E-state index >= 15 is 0 Å². The minimum atomic E-state index is -0.908. The molecule has 0 spiro atoms. The van der Waals surface area contributed by atoms with Gasteiger partial charge >= 0.3 is 0 Å². The summed E-state index contributed by atoms with van der Waals surface area (Å²) >= 11 is 0. The van der Waals surface area contributed by atoms with Gasteiger partial charge in [0, 0.05) is 10.8 Å². The van der Waals surface area contributed by atoms with Crippen molar-refractivity contribution >= 4 is 0 Å². The molecule has 0 bridgehead atoms. The predicted octanol–water partition coefficient (Wildman–Crippen LogP) is 2.04. The first-order valence-corrected chi connectivity index (χ1v) is 4.76. The molecule has 16 heavy (non-hydrogen) atoms. The number of hydrogen-bond acceptors (Lipinski definition) is 4. The summed E-state index contributed by atoms with van der Waals surface area (Å²) in [5.41, 5.74) is -0.805. The molecule has 1 aliphatic rings. The van der Waals surface area contributed by atoms with Gasteiger partial charge in [-0.05, 0) is 0 Å². The van der Waals surface area contributed by atoms with E-state index in [1.807, 2.05) is 24.3 Å². The first-order valence-electron chi connectivity index (χ1n) is 4.76. The topological polar surface area (TPSA) is 95.2 Å². The smallest absolute Gasteiger partial charge is 0.144 e. The van der Waals surface area contributed by atoms with Crippen LogP contribution in [-0.2, 0) is 0 Å². The van der Waals surface area contributed by atoms with Gasteiger partial charge in [0.25, 0.3) is 0 Å². The Kier molecular flexibility index (Phi) is 2.48. The molecule has 0 saturated heterocycles. The van der Waals surface area contributed by atoms with Crippen LogP contribution in [-0.4, -0.2) is 0 Å². The lowest BCUT2D eigenvalue weighted by molar-refractivity contribution is 0.109. The van der Waals surface area contributed by atoms with Crippen LogP contribution in [0.4, 0.5) is 0 Å². The molecule has 0 radical (unpaired) electrons. The van der Waals surface area contributed by atoms with Crippen LogP contribution < -0.4 is 0 Å². The molecule has 4 nitrogen and oxygen atoms in total. The number of hydrogen-bond donors (Lipinski definition) is 0. The molecular weight excluding hydrogens is 200 g/mol. The van der Waals surface area contributed by atoms with Crippen molar-refractivity contribution in [2.24, 2.45) is 16.7 Å². The number of rotatable bonds is 1. The van der Waals surface area contributed by atoms with Gasteiger partial charge in [-0.3, -0.25) is 0 Å². The molecule has 4 heteroatoms. The molecule has 0 amide bonds. The fourth-order valence-electron chi connectivity index (χ4n) is 2.24. The highest BCUT2D eigenvalue weighted by Gasteiger charge is 2.61. The standard InChI is InChI=1S/C12H10N4/c1-11(2)9(6-15)10(7-16)12(11,3)8(4-13)5-14/h8H,1-3H3.